The van der Waals surface area contributed by atoms with E-state index in [9.17, 15) is 28.2 Å². The molecule has 2 amide bonds. The van der Waals surface area contributed by atoms with Crippen molar-refractivity contribution >= 4 is 33.2 Å². The van der Waals surface area contributed by atoms with Crippen molar-refractivity contribution in [1.82, 2.24) is 15.6 Å². The SMILES string of the molecule is O=C(O)N[C@@H](CS(=O)(=O)Cc1ccccc1)C(=O)N[C@@H](CCc1ccccc1)[C@@H](O)c1nccs1. The molecule has 0 fully saturated rings. The van der Waals surface area contributed by atoms with Crippen LogP contribution in [0.2, 0.25) is 0 Å². The lowest BCUT2D eigenvalue weighted by atomic mass is 10.0. The Morgan fingerprint density at radius 3 is 2.17 bits per heavy atom. The summed E-state index contributed by atoms with van der Waals surface area (Å²) in [5, 5.41) is 26.8. The molecule has 3 rings (SSSR count). The third kappa shape index (κ3) is 8.46. The molecule has 9 nitrogen and oxygen atoms in total. The van der Waals surface area contributed by atoms with E-state index >= 15 is 0 Å². The summed E-state index contributed by atoms with van der Waals surface area (Å²) in [4.78, 5) is 28.5. The van der Waals surface area contributed by atoms with Crippen LogP contribution in [0.5, 0.6) is 0 Å². The third-order valence-electron chi connectivity index (χ3n) is 5.26. The van der Waals surface area contributed by atoms with Gasteiger partial charge < -0.3 is 20.8 Å². The highest BCUT2D eigenvalue weighted by Crippen LogP contribution is 2.22. The van der Waals surface area contributed by atoms with Crippen LogP contribution in [0, 0.1) is 0 Å². The highest BCUT2D eigenvalue weighted by molar-refractivity contribution is 7.90. The minimum atomic E-state index is -3.84. The fraction of sp³-hybridized carbons (Fsp3) is 0.292. The summed E-state index contributed by atoms with van der Waals surface area (Å²) < 4.78 is 25.5. The molecule has 0 aliphatic heterocycles. The van der Waals surface area contributed by atoms with Crippen LogP contribution in [0.4, 0.5) is 4.79 Å². The fourth-order valence-corrected chi connectivity index (χ4v) is 5.83. The van der Waals surface area contributed by atoms with Crippen LogP contribution < -0.4 is 10.6 Å². The molecule has 0 saturated carbocycles. The Morgan fingerprint density at radius 1 is 0.971 bits per heavy atom. The van der Waals surface area contributed by atoms with E-state index in [0.29, 0.717) is 23.4 Å². The third-order valence-corrected chi connectivity index (χ3v) is 7.72. The summed E-state index contributed by atoms with van der Waals surface area (Å²) >= 11 is 1.22. The summed E-state index contributed by atoms with van der Waals surface area (Å²) in [5.74, 6) is -1.89. The highest BCUT2D eigenvalue weighted by atomic mass is 32.2. The van der Waals surface area contributed by atoms with Crippen LogP contribution in [0.3, 0.4) is 0 Å². The van der Waals surface area contributed by atoms with Crippen molar-refractivity contribution in [2.24, 2.45) is 0 Å². The molecule has 0 bridgehead atoms. The molecule has 4 N–H and O–H groups in total. The molecule has 0 unspecified atom stereocenters. The maximum atomic E-state index is 13.1. The number of aliphatic hydroxyl groups excluding tert-OH is 1. The second-order valence-electron chi connectivity index (χ2n) is 8.00. The van der Waals surface area contributed by atoms with Crippen LogP contribution in [-0.2, 0) is 26.8 Å². The number of hydrogen-bond acceptors (Lipinski definition) is 7. The molecule has 0 aliphatic carbocycles. The van der Waals surface area contributed by atoms with Gasteiger partial charge in [-0.2, -0.15) is 0 Å². The number of aryl methyl sites for hydroxylation is 1. The number of amides is 2. The average molecular weight is 518 g/mol. The molecular weight excluding hydrogens is 490 g/mol. The van der Waals surface area contributed by atoms with Gasteiger partial charge in [0.05, 0.1) is 17.5 Å². The number of aromatic nitrogens is 1. The lowest BCUT2D eigenvalue weighted by Crippen LogP contribution is -2.53. The van der Waals surface area contributed by atoms with Crippen LogP contribution in [0.25, 0.3) is 0 Å². The first kappa shape index (κ1) is 26.3. The molecule has 35 heavy (non-hydrogen) atoms. The van der Waals surface area contributed by atoms with E-state index < -0.39 is 45.8 Å². The molecule has 0 radical (unpaired) electrons. The number of nitrogens with one attached hydrogen (secondary N) is 2. The minimum absolute atomic E-state index is 0.326. The van der Waals surface area contributed by atoms with Crippen LogP contribution in [0.15, 0.2) is 72.2 Å². The minimum Gasteiger partial charge on any atom is -0.465 e. The smallest absolute Gasteiger partial charge is 0.405 e. The second kappa shape index (κ2) is 12.4. The Morgan fingerprint density at radius 2 is 1.60 bits per heavy atom. The Labute approximate surface area is 207 Å². The van der Waals surface area contributed by atoms with E-state index in [2.05, 4.69) is 10.3 Å². The Balaban J connectivity index is 1.75. The van der Waals surface area contributed by atoms with Gasteiger partial charge >= 0.3 is 6.09 Å². The summed E-state index contributed by atoms with van der Waals surface area (Å²) in [6.07, 6.45) is -0.287. The van der Waals surface area contributed by atoms with Gasteiger partial charge in [0.2, 0.25) is 5.91 Å². The lowest BCUT2D eigenvalue weighted by Gasteiger charge is -2.26. The Hall–Kier alpha value is -3.28. The van der Waals surface area contributed by atoms with Crippen molar-refractivity contribution in [2.75, 3.05) is 5.75 Å². The first-order chi connectivity index (χ1) is 16.7. The van der Waals surface area contributed by atoms with Gasteiger partial charge in [0.15, 0.2) is 9.84 Å². The van der Waals surface area contributed by atoms with E-state index in [1.165, 1.54) is 17.5 Å². The number of carboxylic acid groups (broad SMARTS) is 1. The number of nitrogens with zero attached hydrogens (tertiary/aromatic N) is 1. The van der Waals surface area contributed by atoms with Gasteiger partial charge in [-0.05, 0) is 24.0 Å². The zero-order chi connectivity index (χ0) is 25.3. The predicted molar refractivity (Wildman–Crippen MR) is 133 cm³/mol. The van der Waals surface area contributed by atoms with Gasteiger partial charge in [0, 0.05) is 11.6 Å². The van der Waals surface area contributed by atoms with E-state index in [1.807, 2.05) is 35.6 Å². The molecule has 0 saturated heterocycles. The summed E-state index contributed by atoms with van der Waals surface area (Å²) in [6, 6.07) is 15.5. The average Bonchev–Trinajstić information content (AvgIpc) is 3.36. The van der Waals surface area contributed by atoms with Gasteiger partial charge in [0.1, 0.15) is 17.2 Å². The van der Waals surface area contributed by atoms with Crippen molar-refractivity contribution in [1.29, 1.82) is 0 Å². The predicted octanol–water partition coefficient (Wildman–Crippen LogP) is 2.55. The van der Waals surface area contributed by atoms with Crippen LogP contribution in [-0.4, -0.2) is 53.5 Å². The monoisotopic (exact) mass is 517 g/mol. The molecular formula is C24H27N3O6S2. The Kier molecular flexibility index (Phi) is 9.35. The first-order valence-electron chi connectivity index (χ1n) is 10.9. The van der Waals surface area contributed by atoms with Crippen molar-refractivity contribution in [3.05, 3.63) is 88.4 Å². The summed E-state index contributed by atoms with van der Waals surface area (Å²) in [6.45, 7) is 0. The number of thiazole rings is 1. The largest absolute Gasteiger partial charge is 0.465 e. The number of sulfone groups is 1. The van der Waals surface area contributed by atoms with Crippen molar-refractivity contribution < 1.29 is 28.2 Å². The van der Waals surface area contributed by atoms with Crippen molar-refractivity contribution in [3.8, 4) is 0 Å². The normalized spacial score (nSPS) is 14.0. The van der Waals surface area contributed by atoms with Gasteiger partial charge in [-0.3, -0.25) is 4.79 Å². The summed E-state index contributed by atoms with van der Waals surface area (Å²) in [7, 11) is -3.84. The van der Waals surface area contributed by atoms with E-state index in [-0.39, 0.29) is 5.75 Å². The van der Waals surface area contributed by atoms with Crippen molar-refractivity contribution in [2.45, 2.75) is 36.8 Å². The number of carbonyl (C=O) groups is 2. The molecule has 3 atom stereocenters. The number of rotatable bonds is 12. The van der Waals surface area contributed by atoms with Crippen LogP contribution in [0.1, 0.15) is 28.7 Å². The molecule has 0 spiro atoms. The molecule has 1 aromatic heterocycles. The maximum absolute atomic E-state index is 13.1. The molecule has 11 heteroatoms. The number of aliphatic hydroxyl groups is 1. The Bertz CT molecular complexity index is 1190. The van der Waals surface area contributed by atoms with Gasteiger partial charge in [-0.25, -0.2) is 18.2 Å². The number of benzene rings is 2. The second-order valence-corrected chi connectivity index (χ2v) is 11.0. The van der Waals surface area contributed by atoms with E-state index in [0.717, 1.165) is 5.56 Å². The molecule has 3 aromatic rings. The number of hydrogen-bond donors (Lipinski definition) is 4. The quantitative estimate of drug-likeness (QED) is 0.289. The molecule has 186 valence electrons. The first-order valence-corrected chi connectivity index (χ1v) is 13.6. The zero-order valence-corrected chi connectivity index (χ0v) is 20.4. The topological polar surface area (TPSA) is 146 Å². The van der Waals surface area contributed by atoms with Crippen LogP contribution >= 0.6 is 11.3 Å². The van der Waals surface area contributed by atoms with Gasteiger partial charge in [-0.15, -0.1) is 11.3 Å². The summed E-state index contributed by atoms with van der Waals surface area (Å²) in [5.41, 5.74) is 1.52. The van der Waals surface area contributed by atoms with Gasteiger partial charge in [-0.1, -0.05) is 60.7 Å². The number of carbonyl (C=O) groups excluding carboxylic acids is 1. The zero-order valence-electron chi connectivity index (χ0n) is 18.8. The van der Waals surface area contributed by atoms with E-state index in [1.54, 1.807) is 35.7 Å². The molecule has 1 heterocycles. The fourth-order valence-electron chi connectivity index (χ4n) is 3.58. The van der Waals surface area contributed by atoms with Crippen molar-refractivity contribution in [3.63, 3.8) is 0 Å². The molecule has 2 aromatic carbocycles. The maximum Gasteiger partial charge on any atom is 0.405 e. The standard InChI is InChI=1S/C24H27N3O6S2/c28-21(23-25-13-14-34-23)19(12-11-17-7-3-1-4-8-17)26-22(29)20(27-24(30)31)16-35(32,33)15-18-9-5-2-6-10-18/h1-10,13-14,19-21,27-28H,11-12,15-16H2,(H,26,29)(H,30,31)/t19-,20-,21+/m0/s1. The highest BCUT2D eigenvalue weighted by Gasteiger charge is 2.31. The van der Waals surface area contributed by atoms with Gasteiger partial charge in [0.25, 0.3) is 0 Å². The molecule has 0 aliphatic rings. The lowest BCUT2D eigenvalue weighted by molar-refractivity contribution is -0.124. The van der Waals surface area contributed by atoms with E-state index in [4.69, 9.17) is 0 Å².